The fraction of sp³-hybridized carbons (Fsp3) is 0.500. The van der Waals surface area contributed by atoms with Crippen LogP contribution in [-0.4, -0.2) is 14.6 Å². The van der Waals surface area contributed by atoms with E-state index in [-0.39, 0.29) is 16.5 Å². The molecule has 0 aliphatic rings. The van der Waals surface area contributed by atoms with E-state index >= 15 is 0 Å². The lowest BCUT2D eigenvalue weighted by Gasteiger charge is -2.24. The SMILES string of the molecule is CCC(N)(CC)c1nnc2c(Cl)cc(C(F)(F)F)cn12. The van der Waals surface area contributed by atoms with E-state index in [4.69, 9.17) is 17.3 Å². The summed E-state index contributed by atoms with van der Waals surface area (Å²) in [5.41, 5.74) is 4.67. The lowest BCUT2D eigenvalue weighted by Crippen LogP contribution is -2.37. The number of nitrogens with zero attached hydrogens (tertiary/aromatic N) is 3. The largest absolute Gasteiger partial charge is 0.417 e. The van der Waals surface area contributed by atoms with Crippen LogP contribution in [0.2, 0.25) is 5.02 Å². The summed E-state index contributed by atoms with van der Waals surface area (Å²) in [6.07, 6.45) is -2.51. The van der Waals surface area contributed by atoms with Gasteiger partial charge in [-0.05, 0) is 18.9 Å². The van der Waals surface area contributed by atoms with Gasteiger partial charge in [-0.25, -0.2) is 0 Å². The van der Waals surface area contributed by atoms with E-state index in [1.165, 1.54) is 4.40 Å². The van der Waals surface area contributed by atoms with Crippen LogP contribution in [0.5, 0.6) is 0 Å². The topological polar surface area (TPSA) is 56.2 Å². The summed E-state index contributed by atoms with van der Waals surface area (Å²) in [7, 11) is 0. The van der Waals surface area contributed by atoms with Gasteiger partial charge < -0.3 is 5.73 Å². The second-order valence-electron chi connectivity index (χ2n) is 4.65. The number of aromatic nitrogens is 3. The average Bonchev–Trinajstić information content (AvgIpc) is 2.81. The quantitative estimate of drug-likeness (QED) is 0.946. The third kappa shape index (κ3) is 2.35. The first-order valence-corrected chi connectivity index (χ1v) is 6.51. The maximum atomic E-state index is 12.9. The Morgan fingerprint density at radius 1 is 1.25 bits per heavy atom. The Morgan fingerprint density at radius 3 is 2.35 bits per heavy atom. The second kappa shape index (κ2) is 4.89. The molecule has 0 atom stereocenters. The molecule has 8 heteroatoms. The van der Waals surface area contributed by atoms with E-state index in [1.807, 2.05) is 13.8 Å². The Hall–Kier alpha value is -1.34. The molecule has 0 spiro atoms. The van der Waals surface area contributed by atoms with Crippen LogP contribution < -0.4 is 5.73 Å². The van der Waals surface area contributed by atoms with Crippen molar-refractivity contribution >= 4 is 17.2 Å². The summed E-state index contributed by atoms with van der Waals surface area (Å²) >= 11 is 5.85. The minimum Gasteiger partial charge on any atom is -0.319 e. The van der Waals surface area contributed by atoms with E-state index in [1.54, 1.807) is 0 Å². The minimum atomic E-state index is -4.49. The van der Waals surface area contributed by atoms with Gasteiger partial charge in [-0.15, -0.1) is 10.2 Å². The van der Waals surface area contributed by atoms with Gasteiger partial charge in [0.25, 0.3) is 0 Å². The molecule has 2 heterocycles. The van der Waals surface area contributed by atoms with Crippen LogP contribution in [-0.2, 0) is 11.7 Å². The van der Waals surface area contributed by atoms with Crippen LogP contribution in [0.3, 0.4) is 0 Å². The average molecular weight is 307 g/mol. The molecule has 4 nitrogen and oxygen atoms in total. The zero-order chi connectivity index (χ0) is 15.1. The molecule has 0 unspecified atom stereocenters. The molecule has 2 aromatic rings. The third-order valence-electron chi connectivity index (χ3n) is 3.49. The minimum absolute atomic E-state index is 0.104. The number of halogens is 4. The summed E-state index contributed by atoms with van der Waals surface area (Å²) in [6.45, 7) is 3.69. The molecule has 0 saturated heterocycles. The Balaban J connectivity index is 2.74. The summed E-state index contributed by atoms with van der Waals surface area (Å²) in [5, 5.41) is 7.66. The van der Waals surface area contributed by atoms with Crippen molar-refractivity contribution in [1.29, 1.82) is 0 Å². The Kier molecular flexibility index (Phi) is 3.68. The van der Waals surface area contributed by atoms with Crippen molar-refractivity contribution < 1.29 is 13.2 Å². The van der Waals surface area contributed by atoms with Gasteiger partial charge in [0.15, 0.2) is 11.5 Å². The van der Waals surface area contributed by atoms with E-state index < -0.39 is 17.3 Å². The van der Waals surface area contributed by atoms with Crippen LogP contribution in [0.1, 0.15) is 38.1 Å². The molecule has 2 N–H and O–H groups in total. The first-order valence-electron chi connectivity index (χ1n) is 6.13. The zero-order valence-electron chi connectivity index (χ0n) is 11.0. The number of alkyl halides is 3. The van der Waals surface area contributed by atoms with E-state index in [0.717, 1.165) is 12.3 Å². The normalized spacial score (nSPS) is 13.2. The molecule has 0 fully saturated rings. The number of hydrogen-bond donors (Lipinski definition) is 1. The van der Waals surface area contributed by atoms with Gasteiger partial charge in [-0.3, -0.25) is 4.40 Å². The van der Waals surface area contributed by atoms with Gasteiger partial charge >= 0.3 is 6.18 Å². The number of hydrogen-bond acceptors (Lipinski definition) is 3. The Bertz CT molecular complexity index is 631. The summed E-state index contributed by atoms with van der Waals surface area (Å²) in [4.78, 5) is 0. The fourth-order valence-corrected chi connectivity index (χ4v) is 2.26. The second-order valence-corrected chi connectivity index (χ2v) is 5.06. The first kappa shape index (κ1) is 15.1. The van der Waals surface area contributed by atoms with Crippen LogP contribution in [0.25, 0.3) is 5.65 Å². The van der Waals surface area contributed by atoms with E-state index in [2.05, 4.69) is 10.2 Å². The molecule has 0 amide bonds. The van der Waals surface area contributed by atoms with Crippen LogP contribution >= 0.6 is 11.6 Å². The molecule has 0 saturated carbocycles. The standard InChI is InChI=1S/C12H14ClF3N4/c1-3-11(17,4-2)10-19-18-9-8(13)5-7(6-20(9)10)12(14,15)16/h5-6H,3-4,17H2,1-2H3. The molecule has 0 aliphatic carbocycles. The monoisotopic (exact) mass is 306 g/mol. The highest BCUT2D eigenvalue weighted by Gasteiger charge is 2.34. The van der Waals surface area contributed by atoms with E-state index in [9.17, 15) is 13.2 Å². The molecule has 0 aromatic carbocycles. The molecule has 110 valence electrons. The third-order valence-corrected chi connectivity index (χ3v) is 3.77. The first-order chi connectivity index (χ1) is 9.23. The highest BCUT2D eigenvalue weighted by molar-refractivity contribution is 6.33. The smallest absolute Gasteiger partial charge is 0.319 e. The van der Waals surface area contributed by atoms with Gasteiger partial charge in [0.2, 0.25) is 0 Å². The van der Waals surface area contributed by atoms with Gasteiger partial charge in [-0.1, -0.05) is 25.4 Å². The summed E-state index contributed by atoms with van der Waals surface area (Å²) in [6, 6.07) is 0.839. The number of pyridine rings is 1. The van der Waals surface area contributed by atoms with Gasteiger partial charge in [-0.2, -0.15) is 13.2 Å². The van der Waals surface area contributed by atoms with Crippen molar-refractivity contribution in [3.8, 4) is 0 Å². The molecule has 0 aliphatic heterocycles. The van der Waals surface area contributed by atoms with Crippen molar-refractivity contribution in [2.24, 2.45) is 5.73 Å². The molecule has 2 rings (SSSR count). The molecular formula is C12H14ClF3N4. The number of rotatable bonds is 3. The number of fused-ring (bicyclic) bond motifs is 1. The molecule has 2 aromatic heterocycles. The molecule has 0 bridgehead atoms. The predicted molar refractivity (Wildman–Crippen MR) is 69.4 cm³/mol. The van der Waals surface area contributed by atoms with E-state index in [0.29, 0.717) is 12.8 Å². The number of nitrogens with two attached hydrogens (primary N) is 1. The zero-order valence-corrected chi connectivity index (χ0v) is 11.8. The highest BCUT2D eigenvalue weighted by atomic mass is 35.5. The molecule has 0 radical (unpaired) electrons. The highest BCUT2D eigenvalue weighted by Crippen LogP contribution is 2.34. The van der Waals surface area contributed by atoms with Gasteiger partial charge in [0, 0.05) is 6.20 Å². The van der Waals surface area contributed by atoms with Crippen LogP contribution in [0.15, 0.2) is 12.3 Å². The maximum absolute atomic E-state index is 12.9. The van der Waals surface area contributed by atoms with Crippen molar-refractivity contribution in [2.45, 2.75) is 38.4 Å². The molecular weight excluding hydrogens is 293 g/mol. The predicted octanol–water partition coefficient (Wildman–Crippen LogP) is 3.38. The van der Waals surface area contributed by atoms with Crippen molar-refractivity contribution in [1.82, 2.24) is 14.6 Å². The van der Waals surface area contributed by atoms with Gasteiger partial charge in [0.1, 0.15) is 0 Å². The van der Waals surface area contributed by atoms with Crippen molar-refractivity contribution in [2.75, 3.05) is 0 Å². The van der Waals surface area contributed by atoms with Crippen molar-refractivity contribution in [3.63, 3.8) is 0 Å². The lowest BCUT2D eigenvalue weighted by molar-refractivity contribution is -0.137. The van der Waals surface area contributed by atoms with Crippen LogP contribution in [0, 0.1) is 0 Å². The van der Waals surface area contributed by atoms with Gasteiger partial charge in [0.05, 0.1) is 16.1 Å². The summed E-state index contributed by atoms with van der Waals surface area (Å²) < 4.78 is 39.8. The fourth-order valence-electron chi connectivity index (χ4n) is 2.01. The Labute approximate surface area is 118 Å². The summed E-state index contributed by atoms with van der Waals surface area (Å²) in [5.74, 6) is 0.283. The van der Waals surface area contributed by atoms with Crippen molar-refractivity contribution in [3.05, 3.63) is 28.7 Å². The van der Waals surface area contributed by atoms with Crippen LogP contribution in [0.4, 0.5) is 13.2 Å². The Morgan fingerprint density at radius 2 is 1.85 bits per heavy atom. The molecule has 20 heavy (non-hydrogen) atoms. The maximum Gasteiger partial charge on any atom is 0.417 e. The lowest BCUT2D eigenvalue weighted by atomic mass is 9.93.